The number of hydrogen-bond acceptors (Lipinski definition) is 3. The van der Waals surface area contributed by atoms with Gasteiger partial charge in [-0.15, -0.1) is 0 Å². The van der Waals surface area contributed by atoms with Crippen molar-refractivity contribution < 1.29 is 14.3 Å². The Kier molecular flexibility index (Phi) is 4.11. The van der Waals surface area contributed by atoms with Gasteiger partial charge in [-0.2, -0.15) is 0 Å². The SMILES string of the molecule is O=C1CCc2c(OCCOc3ccccc3Cl)cccc21. The normalized spacial score (nSPS) is 13.1. The first-order valence-corrected chi connectivity index (χ1v) is 7.29. The number of ether oxygens (including phenoxy) is 2. The van der Waals surface area contributed by atoms with E-state index in [4.69, 9.17) is 21.1 Å². The molecule has 2 aromatic rings. The highest BCUT2D eigenvalue weighted by Gasteiger charge is 2.22. The molecule has 0 fully saturated rings. The quantitative estimate of drug-likeness (QED) is 0.785. The van der Waals surface area contributed by atoms with E-state index in [-0.39, 0.29) is 5.78 Å². The Balaban J connectivity index is 1.57. The molecule has 0 aliphatic heterocycles. The number of benzene rings is 2. The van der Waals surface area contributed by atoms with Gasteiger partial charge in [0.25, 0.3) is 0 Å². The van der Waals surface area contributed by atoms with Crippen molar-refractivity contribution in [1.29, 1.82) is 0 Å². The minimum atomic E-state index is 0.197. The highest BCUT2D eigenvalue weighted by molar-refractivity contribution is 6.32. The van der Waals surface area contributed by atoms with E-state index < -0.39 is 0 Å². The third kappa shape index (κ3) is 3.03. The number of carbonyl (C=O) groups is 1. The fourth-order valence-corrected chi connectivity index (χ4v) is 2.65. The Morgan fingerprint density at radius 2 is 1.62 bits per heavy atom. The lowest BCUT2D eigenvalue weighted by molar-refractivity contribution is 0.0994. The van der Waals surface area contributed by atoms with Crippen LogP contribution in [0.2, 0.25) is 5.02 Å². The molecule has 0 radical (unpaired) electrons. The molecule has 3 rings (SSSR count). The second-order valence-corrected chi connectivity index (χ2v) is 5.24. The Morgan fingerprint density at radius 3 is 2.43 bits per heavy atom. The van der Waals surface area contributed by atoms with Gasteiger partial charge in [0.05, 0.1) is 5.02 Å². The highest BCUT2D eigenvalue weighted by Crippen LogP contribution is 2.30. The molecule has 0 spiro atoms. The Hall–Kier alpha value is -2.00. The molecule has 0 N–H and O–H groups in total. The molecule has 0 amide bonds. The Bertz CT molecular complexity index is 667. The number of fused-ring (bicyclic) bond motifs is 1. The van der Waals surface area contributed by atoms with E-state index in [0.29, 0.717) is 30.4 Å². The minimum absolute atomic E-state index is 0.197. The fraction of sp³-hybridized carbons (Fsp3) is 0.235. The van der Waals surface area contributed by atoms with E-state index >= 15 is 0 Å². The third-order valence-electron chi connectivity index (χ3n) is 3.47. The molecule has 0 saturated carbocycles. The summed E-state index contributed by atoms with van der Waals surface area (Å²) in [7, 11) is 0. The fourth-order valence-electron chi connectivity index (χ4n) is 2.46. The zero-order chi connectivity index (χ0) is 14.7. The van der Waals surface area contributed by atoms with Crippen LogP contribution in [0, 0.1) is 0 Å². The molecule has 21 heavy (non-hydrogen) atoms. The number of hydrogen-bond donors (Lipinski definition) is 0. The van der Waals surface area contributed by atoms with Gasteiger partial charge < -0.3 is 9.47 Å². The number of rotatable bonds is 5. The molecular formula is C17H15ClO3. The molecule has 3 nitrogen and oxygen atoms in total. The minimum Gasteiger partial charge on any atom is -0.490 e. The smallest absolute Gasteiger partial charge is 0.163 e. The van der Waals surface area contributed by atoms with Crippen LogP contribution in [0.3, 0.4) is 0 Å². The summed E-state index contributed by atoms with van der Waals surface area (Å²) in [5, 5.41) is 0.587. The number of halogens is 1. The van der Waals surface area contributed by atoms with Crippen molar-refractivity contribution in [2.75, 3.05) is 13.2 Å². The van der Waals surface area contributed by atoms with Crippen LogP contribution in [0.25, 0.3) is 0 Å². The van der Waals surface area contributed by atoms with Gasteiger partial charge >= 0.3 is 0 Å². The monoisotopic (exact) mass is 302 g/mol. The van der Waals surface area contributed by atoms with E-state index in [1.165, 1.54) is 0 Å². The molecule has 0 saturated heterocycles. The van der Waals surface area contributed by atoms with Crippen LogP contribution >= 0.6 is 11.6 Å². The first kappa shape index (κ1) is 14.0. The van der Waals surface area contributed by atoms with Gasteiger partial charge in [-0.25, -0.2) is 0 Å². The molecule has 0 bridgehead atoms. The zero-order valence-electron chi connectivity index (χ0n) is 11.5. The van der Waals surface area contributed by atoms with E-state index in [0.717, 1.165) is 23.3 Å². The predicted octanol–water partition coefficient (Wildman–Crippen LogP) is 3.93. The van der Waals surface area contributed by atoms with Crippen LogP contribution in [0.4, 0.5) is 0 Å². The van der Waals surface area contributed by atoms with Gasteiger partial charge in [0.2, 0.25) is 0 Å². The van der Waals surface area contributed by atoms with Crippen molar-refractivity contribution in [1.82, 2.24) is 0 Å². The average Bonchev–Trinajstić information content (AvgIpc) is 2.88. The van der Waals surface area contributed by atoms with Crippen molar-refractivity contribution in [2.45, 2.75) is 12.8 Å². The van der Waals surface area contributed by atoms with Crippen molar-refractivity contribution >= 4 is 17.4 Å². The van der Waals surface area contributed by atoms with Gasteiger partial charge in [-0.05, 0) is 24.6 Å². The molecule has 0 atom stereocenters. The van der Waals surface area contributed by atoms with Crippen LogP contribution in [0.5, 0.6) is 11.5 Å². The molecule has 1 aliphatic rings. The summed E-state index contributed by atoms with van der Waals surface area (Å²) in [5.74, 6) is 1.63. The highest BCUT2D eigenvalue weighted by atomic mass is 35.5. The van der Waals surface area contributed by atoms with Gasteiger partial charge in [-0.1, -0.05) is 35.9 Å². The Labute approximate surface area is 128 Å². The summed E-state index contributed by atoms with van der Waals surface area (Å²) < 4.78 is 11.3. The third-order valence-corrected chi connectivity index (χ3v) is 3.78. The van der Waals surface area contributed by atoms with Gasteiger partial charge in [0, 0.05) is 17.5 Å². The molecule has 108 valence electrons. The molecule has 4 heteroatoms. The topological polar surface area (TPSA) is 35.5 Å². The molecule has 0 aromatic heterocycles. The van der Waals surface area contributed by atoms with Crippen LogP contribution in [-0.2, 0) is 6.42 Å². The van der Waals surface area contributed by atoms with E-state index in [1.807, 2.05) is 36.4 Å². The maximum atomic E-state index is 11.7. The van der Waals surface area contributed by atoms with Crippen LogP contribution in [0.15, 0.2) is 42.5 Å². The van der Waals surface area contributed by atoms with E-state index in [9.17, 15) is 4.79 Å². The molecule has 0 unspecified atom stereocenters. The Morgan fingerprint density at radius 1 is 0.905 bits per heavy atom. The lowest BCUT2D eigenvalue weighted by Crippen LogP contribution is -2.10. The van der Waals surface area contributed by atoms with Crippen molar-refractivity contribution in [2.24, 2.45) is 0 Å². The van der Waals surface area contributed by atoms with E-state index in [1.54, 1.807) is 6.07 Å². The lowest BCUT2D eigenvalue weighted by atomic mass is 10.1. The lowest BCUT2D eigenvalue weighted by Gasteiger charge is -2.11. The summed E-state index contributed by atoms with van der Waals surface area (Å²) in [4.78, 5) is 11.7. The van der Waals surface area contributed by atoms with E-state index in [2.05, 4.69) is 0 Å². The maximum Gasteiger partial charge on any atom is 0.163 e. The summed E-state index contributed by atoms with van der Waals surface area (Å²) in [6, 6.07) is 12.9. The molecular weight excluding hydrogens is 288 g/mol. The standard InChI is InChI=1S/C17H15ClO3/c18-14-5-1-2-6-17(14)21-11-10-20-16-7-3-4-12-13(16)8-9-15(12)19/h1-7H,8-11H2. The molecule has 1 aliphatic carbocycles. The molecule has 0 heterocycles. The van der Waals surface area contributed by atoms with Gasteiger partial charge in [0.1, 0.15) is 24.7 Å². The second-order valence-electron chi connectivity index (χ2n) is 4.83. The average molecular weight is 303 g/mol. The van der Waals surface area contributed by atoms with Gasteiger partial charge in [-0.3, -0.25) is 4.79 Å². The zero-order valence-corrected chi connectivity index (χ0v) is 12.2. The summed E-state index contributed by atoms with van der Waals surface area (Å²) >= 11 is 6.01. The number of ketones is 1. The van der Waals surface area contributed by atoms with Crippen molar-refractivity contribution in [3.8, 4) is 11.5 Å². The number of para-hydroxylation sites is 1. The maximum absolute atomic E-state index is 11.7. The predicted molar refractivity (Wildman–Crippen MR) is 81.5 cm³/mol. The number of carbonyl (C=O) groups excluding carboxylic acids is 1. The first-order valence-electron chi connectivity index (χ1n) is 6.91. The molecule has 2 aromatic carbocycles. The van der Waals surface area contributed by atoms with Crippen molar-refractivity contribution in [3.63, 3.8) is 0 Å². The van der Waals surface area contributed by atoms with Crippen LogP contribution in [-0.4, -0.2) is 19.0 Å². The first-order chi connectivity index (χ1) is 10.3. The second kappa shape index (κ2) is 6.19. The summed E-state index contributed by atoms with van der Waals surface area (Å²) in [6.45, 7) is 0.817. The largest absolute Gasteiger partial charge is 0.490 e. The number of Topliss-reactive ketones (excluding diaryl/α,β-unsaturated/α-hetero) is 1. The van der Waals surface area contributed by atoms with Crippen LogP contribution in [0.1, 0.15) is 22.3 Å². The summed E-state index contributed by atoms with van der Waals surface area (Å²) in [5.41, 5.74) is 1.81. The van der Waals surface area contributed by atoms with Crippen LogP contribution < -0.4 is 9.47 Å². The summed E-state index contributed by atoms with van der Waals surface area (Å²) in [6.07, 6.45) is 1.33. The van der Waals surface area contributed by atoms with Crippen molar-refractivity contribution in [3.05, 3.63) is 58.6 Å². The van der Waals surface area contributed by atoms with Gasteiger partial charge in [0.15, 0.2) is 5.78 Å².